The minimum Gasteiger partial charge on any atom is -0.454 e. The number of hydrogen-bond acceptors (Lipinski definition) is 4. The summed E-state index contributed by atoms with van der Waals surface area (Å²) >= 11 is 12.8. The highest BCUT2D eigenvalue weighted by Crippen LogP contribution is 2.64. The van der Waals surface area contributed by atoms with Crippen molar-refractivity contribution < 1.29 is 18.7 Å². The molecule has 4 aromatic carbocycles. The van der Waals surface area contributed by atoms with Crippen LogP contribution in [-0.2, 0) is 19.7 Å². The van der Waals surface area contributed by atoms with E-state index in [0.717, 1.165) is 11.1 Å². The summed E-state index contributed by atoms with van der Waals surface area (Å²) in [6, 6.07) is 27.7. The van der Waals surface area contributed by atoms with Gasteiger partial charge in [0.25, 0.3) is 0 Å². The molecular weight excluding hydrogens is 610 g/mol. The van der Waals surface area contributed by atoms with E-state index in [9.17, 15) is 9.59 Å². The van der Waals surface area contributed by atoms with Gasteiger partial charge in [0.05, 0.1) is 11.1 Å². The number of fused-ring (bicyclic) bond motifs is 3. The average Bonchev–Trinajstić information content (AvgIpc) is 3.46. The molecule has 2 fully saturated rings. The highest BCUT2D eigenvalue weighted by atomic mass is 35.5. The van der Waals surface area contributed by atoms with E-state index in [1.807, 2.05) is 66.7 Å². The van der Waals surface area contributed by atoms with Crippen molar-refractivity contribution in [1.82, 2.24) is 4.90 Å². The molecule has 0 bridgehead atoms. The van der Waals surface area contributed by atoms with Crippen molar-refractivity contribution in [3.05, 3.63) is 135 Å². The van der Waals surface area contributed by atoms with Gasteiger partial charge in [-0.3, -0.25) is 14.5 Å². The molecule has 0 aliphatic carbocycles. The lowest BCUT2D eigenvalue weighted by Crippen LogP contribution is -2.54. The predicted octanol–water partition coefficient (Wildman–Crippen LogP) is 8.63. The largest absolute Gasteiger partial charge is 0.454 e. The average molecular weight is 644 g/mol. The molecule has 0 radical (unpaired) electrons. The van der Waals surface area contributed by atoms with Crippen LogP contribution in [0.5, 0.6) is 0 Å². The monoisotopic (exact) mass is 642 g/mol. The lowest BCUT2D eigenvalue weighted by molar-refractivity contribution is -0.176. The Morgan fingerprint density at radius 1 is 0.867 bits per heavy atom. The Hall–Kier alpha value is -3.71. The number of carbonyl (C=O) groups is 2. The summed E-state index contributed by atoms with van der Waals surface area (Å²) in [5.74, 6) is -2.42. The van der Waals surface area contributed by atoms with E-state index in [0.29, 0.717) is 22.7 Å². The predicted molar refractivity (Wildman–Crippen MR) is 174 cm³/mol. The first-order valence-electron chi connectivity index (χ1n) is 15.2. The van der Waals surface area contributed by atoms with E-state index in [1.54, 1.807) is 24.3 Å². The summed E-state index contributed by atoms with van der Waals surface area (Å²) in [6.45, 7) is 6.35. The normalized spacial score (nSPS) is 27.6. The summed E-state index contributed by atoms with van der Waals surface area (Å²) in [5, 5.41) is 3.47. The highest BCUT2D eigenvalue weighted by Gasteiger charge is 2.72. The first-order chi connectivity index (χ1) is 21.5. The molecule has 5 nitrogen and oxygen atoms in total. The van der Waals surface area contributed by atoms with Crippen LogP contribution in [0.3, 0.4) is 0 Å². The number of nitrogens with one attached hydrogen (secondary N) is 1. The second kappa shape index (κ2) is 11.0. The minimum absolute atomic E-state index is 0.0749. The maximum atomic E-state index is 16.3. The fraction of sp³-hybridized carbons (Fsp3) is 0.297. The van der Waals surface area contributed by atoms with Crippen LogP contribution in [-0.4, -0.2) is 28.9 Å². The summed E-state index contributed by atoms with van der Waals surface area (Å²) in [7, 11) is 0. The molecule has 4 aromatic rings. The number of cyclic esters (lactones) is 1. The van der Waals surface area contributed by atoms with E-state index >= 15 is 4.39 Å². The van der Waals surface area contributed by atoms with Crippen molar-refractivity contribution in [3.8, 4) is 0 Å². The van der Waals surface area contributed by atoms with Crippen LogP contribution < -0.4 is 5.32 Å². The van der Waals surface area contributed by atoms with Gasteiger partial charge < -0.3 is 10.1 Å². The zero-order valence-electron chi connectivity index (χ0n) is 25.1. The van der Waals surface area contributed by atoms with E-state index < -0.39 is 47.3 Å². The smallest absolute Gasteiger partial charge is 0.324 e. The fourth-order valence-electron chi connectivity index (χ4n) is 7.98. The van der Waals surface area contributed by atoms with Crippen LogP contribution in [0.15, 0.2) is 97.1 Å². The van der Waals surface area contributed by atoms with Gasteiger partial charge in [-0.15, -0.1) is 0 Å². The van der Waals surface area contributed by atoms with Gasteiger partial charge in [0, 0.05) is 22.7 Å². The third-order valence-electron chi connectivity index (χ3n) is 9.55. The quantitative estimate of drug-likeness (QED) is 0.226. The summed E-state index contributed by atoms with van der Waals surface area (Å²) < 4.78 is 22.7. The zero-order valence-corrected chi connectivity index (χ0v) is 26.6. The number of amides is 1. The molecule has 45 heavy (non-hydrogen) atoms. The third-order valence-corrected chi connectivity index (χ3v) is 10.1. The van der Waals surface area contributed by atoms with Crippen molar-refractivity contribution in [2.75, 3.05) is 5.32 Å². The molecule has 1 amide bonds. The Bertz CT molecular complexity index is 1790. The van der Waals surface area contributed by atoms with E-state index in [4.69, 9.17) is 27.9 Å². The number of morpholine rings is 1. The number of halogens is 3. The van der Waals surface area contributed by atoms with Gasteiger partial charge >= 0.3 is 5.97 Å². The Morgan fingerprint density at radius 2 is 1.53 bits per heavy atom. The summed E-state index contributed by atoms with van der Waals surface area (Å²) in [6.07, 6.45) is -0.149. The van der Waals surface area contributed by atoms with Gasteiger partial charge in [-0.2, -0.15) is 0 Å². The molecule has 6 atom stereocenters. The fourth-order valence-corrected chi connectivity index (χ4v) is 8.33. The van der Waals surface area contributed by atoms with E-state index in [-0.39, 0.29) is 21.9 Å². The maximum Gasteiger partial charge on any atom is 0.324 e. The van der Waals surface area contributed by atoms with Crippen LogP contribution in [0.25, 0.3) is 0 Å². The number of esters is 1. The van der Waals surface area contributed by atoms with E-state index in [1.165, 1.54) is 6.07 Å². The number of anilines is 1. The molecule has 2 saturated heterocycles. The lowest BCUT2D eigenvalue weighted by atomic mass is 9.62. The Morgan fingerprint density at radius 3 is 2.20 bits per heavy atom. The molecule has 1 unspecified atom stereocenters. The van der Waals surface area contributed by atoms with Gasteiger partial charge in [0.15, 0.2) is 0 Å². The van der Waals surface area contributed by atoms with Gasteiger partial charge in [-0.05, 0) is 52.3 Å². The third kappa shape index (κ3) is 4.68. The molecule has 230 valence electrons. The first-order valence-corrected chi connectivity index (χ1v) is 15.9. The molecule has 1 N–H and O–H groups in total. The molecule has 1 spiro atoms. The van der Waals surface area contributed by atoms with Crippen molar-refractivity contribution >= 4 is 40.8 Å². The Kier molecular flexibility index (Phi) is 7.31. The molecule has 0 aromatic heterocycles. The molecule has 7 rings (SSSR count). The number of carbonyl (C=O) groups excluding carboxylic acids is 2. The van der Waals surface area contributed by atoms with Crippen LogP contribution in [0.4, 0.5) is 10.1 Å². The van der Waals surface area contributed by atoms with Crippen LogP contribution >= 0.6 is 23.2 Å². The van der Waals surface area contributed by atoms with Crippen molar-refractivity contribution in [1.29, 1.82) is 0 Å². The van der Waals surface area contributed by atoms with Crippen LogP contribution in [0.1, 0.15) is 67.5 Å². The molecule has 3 aliphatic heterocycles. The Labute approximate surface area is 272 Å². The number of nitrogens with zero attached hydrogens (tertiary/aromatic N) is 1. The Balaban J connectivity index is 1.58. The molecular formula is C37H33Cl2FN2O3. The van der Waals surface area contributed by atoms with Crippen LogP contribution in [0, 0.1) is 11.2 Å². The number of benzene rings is 4. The zero-order chi connectivity index (χ0) is 31.7. The van der Waals surface area contributed by atoms with Crippen LogP contribution in [0.2, 0.25) is 10.0 Å². The number of rotatable bonds is 4. The second-order valence-electron chi connectivity index (χ2n) is 13.4. The van der Waals surface area contributed by atoms with Gasteiger partial charge in [-0.1, -0.05) is 123 Å². The highest BCUT2D eigenvalue weighted by molar-refractivity contribution is 6.31. The lowest BCUT2D eigenvalue weighted by Gasteiger charge is -2.47. The van der Waals surface area contributed by atoms with Gasteiger partial charge in [0.1, 0.15) is 23.4 Å². The SMILES string of the molecule is CC(C)(C)C[C@H]1N2C(C(=O)O[C@@H](c3ccccc3)[C@H]2c2ccccc2)[C@H](c2cccc(Cl)c2F)[C@@]12C(=O)Nc1cc(Cl)ccc12. The molecule has 3 aliphatic rings. The topological polar surface area (TPSA) is 58.6 Å². The molecule has 0 saturated carbocycles. The van der Waals surface area contributed by atoms with Gasteiger partial charge in [0.2, 0.25) is 5.91 Å². The standard InChI is InChI=1S/C37H33Cl2FN2O3/c1-36(2,3)20-28-37(25-18-17-23(38)19-27(25)41-35(37)44)29(24-15-10-16-26(39)30(24)40)32-34(43)45-33(22-13-8-5-9-14-22)31(42(28)32)21-11-6-4-7-12-21/h4-19,28-29,31-33H,20H2,1-3H3,(H,41,44)/t28-,29+,31-,32?,33+,37+/m1/s1. The first kappa shape index (κ1) is 30.0. The van der Waals surface area contributed by atoms with Crippen molar-refractivity contribution in [2.24, 2.45) is 5.41 Å². The number of ether oxygens (including phenoxy) is 1. The summed E-state index contributed by atoms with van der Waals surface area (Å²) in [4.78, 5) is 31.5. The van der Waals surface area contributed by atoms with Gasteiger partial charge in [-0.25, -0.2) is 4.39 Å². The van der Waals surface area contributed by atoms with Crippen molar-refractivity contribution in [2.45, 2.75) is 62.8 Å². The van der Waals surface area contributed by atoms with E-state index in [2.05, 4.69) is 31.0 Å². The molecule has 3 heterocycles. The maximum absolute atomic E-state index is 16.3. The van der Waals surface area contributed by atoms with Crippen molar-refractivity contribution in [3.63, 3.8) is 0 Å². The number of hydrogen-bond donors (Lipinski definition) is 1. The minimum atomic E-state index is -1.37. The second-order valence-corrected chi connectivity index (χ2v) is 14.3. The summed E-state index contributed by atoms with van der Waals surface area (Å²) in [5.41, 5.74) is 1.55. The molecule has 8 heteroatoms.